The van der Waals surface area contributed by atoms with Crippen LogP contribution in [-0.4, -0.2) is 143 Å². The van der Waals surface area contributed by atoms with Crippen LogP contribution in [0.5, 0.6) is 11.5 Å². The van der Waals surface area contributed by atoms with Gasteiger partial charge in [0.1, 0.15) is 54.7 Å². The average molecular weight is 1310 g/mol. The van der Waals surface area contributed by atoms with E-state index in [0.29, 0.717) is 62.1 Å². The molecule has 1 amide bonds. The molecule has 1 saturated heterocycles. The summed E-state index contributed by atoms with van der Waals surface area (Å²) in [5.74, 6) is 1.18. The third-order valence-corrected chi connectivity index (χ3v) is 23.0. The van der Waals surface area contributed by atoms with Crippen LogP contribution in [0.4, 0.5) is 11.5 Å². The van der Waals surface area contributed by atoms with Crippen LogP contribution in [0.1, 0.15) is 117 Å². The number of aryl methyl sites for hydroxylation is 2. The number of carbonyl (C=O) groups is 1. The first-order valence-corrected chi connectivity index (χ1v) is 36.3. The molecule has 6 aliphatic rings. The van der Waals surface area contributed by atoms with Gasteiger partial charge < -0.3 is 50.3 Å². The quantitative estimate of drug-likeness (QED) is 0.0163. The van der Waals surface area contributed by atoms with Crippen molar-refractivity contribution in [3.05, 3.63) is 86.9 Å². The van der Waals surface area contributed by atoms with E-state index in [-0.39, 0.29) is 52.7 Å². The predicted molar refractivity (Wildman–Crippen MR) is 311 cm³/mol. The number of nitrogens with one attached hydrogen (secondary N) is 2. The lowest BCUT2D eigenvalue weighted by Gasteiger charge is -2.39. The van der Waals surface area contributed by atoms with E-state index in [1.165, 1.54) is 34.1 Å². The first-order chi connectivity index (χ1) is 41.4. The summed E-state index contributed by atoms with van der Waals surface area (Å²) in [7, 11) is -26.0. The third kappa shape index (κ3) is 13.8. The number of nitrogen functional groups attached to an aromatic ring is 1. The van der Waals surface area contributed by atoms with Gasteiger partial charge in [-0.3, -0.25) is 23.0 Å². The number of nitrogens with two attached hydrogens (primary N) is 1. The molecule has 0 aliphatic carbocycles. The Labute approximate surface area is 500 Å². The number of imidazole rings is 1. The maximum Gasteiger partial charge on any atom is 0.490 e. The van der Waals surface area contributed by atoms with E-state index in [0.717, 1.165) is 123 Å². The van der Waals surface area contributed by atoms with Crippen molar-refractivity contribution >= 4 is 77.8 Å². The lowest BCUT2D eigenvalue weighted by Crippen LogP contribution is -2.45. The van der Waals surface area contributed by atoms with E-state index in [2.05, 4.69) is 59.7 Å². The minimum absolute atomic E-state index is 0.0222. The van der Waals surface area contributed by atoms with Crippen molar-refractivity contribution in [2.75, 3.05) is 63.1 Å². The number of amides is 1. The zero-order chi connectivity index (χ0) is 61.6. The number of rotatable bonds is 26. The molecule has 8 heterocycles. The number of phosphoric ester groups is 2. The first-order valence-electron chi connectivity index (χ1n) is 28.8. The van der Waals surface area contributed by atoms with E-state index in [9.17, 15) is 64.8 Å². The molecule has 5 aromatic rings. The van der Waals surface area contributed by atoms with Gasteiger partial charge in [0.05, 0.1) is 34.9 Å². The number of fused-ring (bicyclic) bond motifs is 5. The van der Waals surface area contributed by atoms with Gasteiger partial charge in [0.15, 0.2) is 17.7 Å². The molecule has 1 fully saturated rings. The highest BCUT2D eigenvalue weighted by atomic mass is 32.2. The lowest BCUT2D eigenvalue weighted by molar-refractivity contribution is -0.121. The summed E-state index contributed by atoms with van der Waals surface area (Å²) in [6.07, 6.45) is 6.16. The molecule has 6 aliphatic heterocycles. The van der Waals surface area contributed by atoms with Crippen LogP contribution in [0.2, 0.25) is 0 Å². The van der Waals surface area contributed by atoms with Gasteiger partial charge in [-0.1, -0.05) is 25.3 Å². The van der Waals surface area contributed by atoms with E-state index in [1.54, 1.807) is 0 Å². The highest BCUT2D eigenvalue weighted by Gasteiger charge is 2.48. The minimum atomic E-state index is -5.82. The summed E-state index contributed by atoms with van der Waals surface area (Å²) in [5, 5.41) is 25.9. The summed E-state index contributed by atoms with van der Waals surface area (Å²) >= 11 is 0. The fourth-order valence-electron chi connectivity index (χ4n) is 12.5. The number of carbonyl (C=O) groups excluding carboxylic acids is 1. The zero-order valence-electron chi connectivity index (χ0n) is 47.1. The molecule has 7 atom stereocenters. The summed E-state index contributed by atoms with van der Waals surface area (Å²) in [6.45, 7) is 2.59. The second-order valence-corrected chi connectivity index (χ2v) is 30.1. The van der Waals surface area contributed by atoms with Crippen LogP contribution in [0.25, 0.3) is 16.7 Å². The largest absolute Gasteiger partial charge is 0.490 e. The number of nitrogens with zero attached hydrogens (tertiary/aromatic N) is 6. The molecule has 0 spiro atoms. The molecule has 2 aromatic heterocycles. The van der Waals surface area contributed by atoms with Gasteiger partial charge >= 0.3 is 23.5 Å². The van der Waals surface area contributed by atoms with E-state index >= 15 is 0 Å². The molecular formula is C53H69N9O20P3S2+. The van der Waals surface area contributed by atoms with Crippen molar-refractivity contribution in [1.82, 2.24) is 34.1 Å². The normalized spacial score (nSPS) is 21.9. The van der Waals surface area contributed by atoms with Gasteiger partial charge in [0.2, 0.25) is 21.3 Å². The van der Waals surface area contributed by atoms with Crippen LogP contribution < -0.4 is 40.6 Å². The number of ether oxygens (including phenoxy) is 2. The number of anilines is 2. The number of hydrogen-bond donors (Lipinski definition) is 9. The van der Waals surface area contributed by atoms with Crippen LogP contribution in [0, 0.1) is 0 Å². The lowest BCUT2D eigenvalue weighted by atomic mass is 9.82. The fourth-order valence-corrected chi connectivity index (χ4v) is 17.9. The van der Waals surface area contributed by atoms with Crippen LogP contribution in [0.3, 0.4) is 0 Å². The third-order valence-electron chi connectivity index (χ3n) is 16.3. The Kier molecular flexibility index (Phi) is 18.7. The average Bonchev–Trinajstić information content (AvgIpc) is 1.35. The van der Waals surface area contributed by atoms with E-state index < -0.39 is 86.3 Å². The van der Waals surface area contributed by atoms with Crippen molar-refractivity contribution < 1.29 is 91.9 Å². The number of phosphoric acid groups is 3. The second-order valence-electron chi connectivity index (χ2n) is 22.3. The van der Waals surface area contributed by atoms with Crippen LogP contribution >= 0.6 is 23.5 Å². The van der Waals surface area contributed by atoms with Crippen LogP contribution in [-0.2, 0) is 86.7 Å². The zero-order valence-corrected chi connectivity index (χ0v) is 51.5. The molecule has 3 unspecified atom stereocenters. The molecule has 0 radical (unpaired) electrons. The van der Waals surface area contributed by atoms with Crippen LogP contribution in [0.15, 0.2) is 52.8 Å². The van der Waals surface area contributed by atoms with Crippen molar-refractivity contribution in [2.45, 2.75) is 137 Å². The minimum Gasteiger partial charge on any atom is -0.455 e. The Morgan fingerprint density at radius 3 is 2.25 bits per heavy atom. The summed E-state index contributed by atoms with van der Waals surface area (Å²) in [4.78, 5) is 56.3. The smallest absolute Gasteiger partial charge is 0.455 e. The van der Waals surface area contributed by atoms with Gasteiger partial charge in [-0.25, -0.2) is 46.4 Å². The van der Waals surface area contributed by atoms with E-state index in [4.69, 9.17) is 19.7 Å². The maximum atomic E-state index is 14.6. The monoisotopic (exact) mass is 1310 g/mol. The highest BCUT2D eigenvalue weighted by Crippen LogP contribution is 2.68. The van der Waals surface area contributed by atoms with E-state index in [1.807, 2.05) is 0 Å². The molecule has 0 bridgehead atoms. The van der Waals surface area contributed by atoms with Crippen molar-refractivity contribution in [2.24, 2.45) is 0 Å². The Bertz CT molecular complexity index is 4040. The summed E-state index contributed by atoms with van der Waals surface area (Å²) in [5.41, 5.74) is 13.4. The number of benzene rings is 3. The summed E-state index contributed by atoms with van der Waals surface area (Å²) in [6, 6.07) is 7.99. The molecule has 0 saturated carbocycles. The molecule has 10 N–H and O–H groups in total. The Morgan fingerprint density at radius 2 is 1.47 bits per heavy atom. The van der Waals surface area contributed by atoms with Gasteiger partial charge in [-0.15, -0.1) is 0 Å². The van der Waals surface area contributed by atoms with Gasteiger partial charge in [-0.05, 0) is 94.0 Å². The summed E-state index contributed by atoms with van der Waals surface area (Å²) < 4.78 is 139. The van der Waals surface area contributed by atoms with Crippen molar-refractivity contribution in [3.8, 4) is 11.5 Å². The number of aliphatic hydroxyl groups excluding tert-OH is 2. The molecule has 3 aromatic carbocycles. The SMILES string of the molecule is Nc1ncnc2c1ncn2[C@@H]1O[C@H](COP(=O)(O)OP(=O)(O)OP(=O)(O)OCCCCCCNC(=O)CCCCCNS(=O)(=O)c2cc(S(=O)(=O)O)ccc2C2=c3cc4c5c(c3Oc3c2cc2c6c3CCCN6CCC2)CCC[N+]=5CCC4)[C@@H](O)[C@H]1O. The number of aliphatic hydroxyl groups is 2. The standard InChI is InChI=1S/C53H68N9O20P3S2/c54-51-44-52(57-30-56-51)62(31-58-44)53-48(65)47(64)40(79-53)29-78-84(68,69)82-85(70,71)81-83(66,67)77-25-7-2-1-5-19-55-42(63)16-4-3-6-20-59-86(72,73)41-28-34(87(74,75)76)17-18-35(41)43-38-26-32-12-8-21-60-23-10-14-36(45(32)60)49(38)80-50-37-15-11-24-61-22-9-13-33(46(37)61)27-39(43)50/h17-18,26-28,30-31,40,47-48,53,59,64-65H,1-16,19-25,29H2,(H6-,54,55,56,57,63,66,67,68,69,70,71,74,75,76)/p+1/t40-,47-,48-,53-/m1/s1. The second kappa shape index (κ2) is 25.6. The van der Waals surface area contributed by atoms with Crippen molar-refractivity contribution in [3.63, 3.8) is 0 Å². The molecule has 29 nitrogen and oxygen atoms in total. The number of sulfonamides is 1. The number of aromatic nitrogens is 4. The van der Waals surface area contributed by atoms with Gasteiger partial charge in [0, 0.05) is 84.2 Å². The predicted octanol–water partition coefficient (Wildman–Crippen LogP) is 3.29. The Hall–Kier alpha value is -5.14. The van der Waals surface area contributed by atoms with Gasteiger partial charge in [-0.2, -0.15) is 17.0 Å². The Balaban J connectivity index is 0.632. The van der Waals surface area contributed by atoms with Crippen molar-refractivity contribution in [1.29, 1.82) is 0 Å². The Morgan fingerprint density at radius 1 is 0.770 bits per heavy atom. The van der Waals surface area contributed by atoms with Gasteiger partial charge in [0.25, 0.3) is 10.1 Å². The number of hydrogen-bond acceptors (Lipinski definition) is 21. The molecule has 472 valence electrons. The number of unbranched alkanes of at least 4 members (excludes halogenated alkanes) is 5. The molecule has 11 rings (SSSR count). The molecular weight excluding hydrogens is 1240 g/mol. The topological polar surface area (TPSA) is 413 Å². The first kappa shape index (κ1) is 63.4. The molecule has 34 heteroatoms. The fraction of sp³-hybridized carbons (Fsp3) is 0.528. The molecule has 87 heavy (non-hydrogen) atoms. The maximum absolute atomic E-state index is 14.6. The highest BCUT2D eigenvalue weighted by molar-refractivity contribution is 7.89.